The third kappa shape index (κ3) is 1.44. The van der Waals surface area contributed by atoms with E-state index in [0.717, 1.165) is 0 Å². The molecule has 0 saturated heterocycles. The van der Waals surface area contributed by atoms with Crippen molar-refractivity contribution < 1.29 is 4.39 Å². The molecule has 1 heterocycles. The van der Waals surface area contributed by atoms with E-state index in [2.05, 4.69) is 5.10 Å². The van der Waals surface area contributed by atoms with Crippen molar-refractivity contribution in [3.05, 3.63) is 16.4 Å². The van der Waals surface area contributed by atoms with Gasteiger partial charge < -0.3 is 5.73 Å². The fourth-order valence-corrected chi connectivity index (χ4v) is 1.41. The van der Waals surface area contributed by atoms with Crippen molar-refractivity contribution in [2.75, 3.05) is 6.54 Å². The van der Waals surface area contributed by atoms with Crippen LogP contribution in [0.1, 0.15) is 17.4 Å². The molecule has 1 atom stereocenters. The van der Waals surface area contributed by atoms with Crippen LogP contribution in [-0.4, -0.2) is 16.3 Å². The van der Waals surface area contributed by atoms with Gasteiger partial charge >= 0.3 is 0 Å². The van der Waals surface area contributed by atoms with Crippen LogP contribution in [0.25, 0.3) is 0 Å². The lowest BCUT2D eigenvalue weighted by molar-refractivity contribution is 0.351. The molecule has 1 rings (SSSR count). The molecule has 3 nitrogen and oxygen atoms in total. The Morgan fingerprint density at radius 3 is 2.67 bits per heavy atom. The van der Waals surface area contributed by atoms with Crippen molar-refractivity contribution in [1.29, 1.82) is 0 Å². The van der Waals surface area contributed by atoms with E-state index in [1.54, 1.807) is 14.0 Å². The van der Waals surface area contributed by atoms with Gasteiger partial charge in [0, 0.05) is 19.2 Å². The van der Waals surface area contributed by atoms with Gasteiger partial charge in [0.2, 0.25) is 0 Å². The maximum absolute atomic E-state index is 13.1. The second-order valence-corrected chi connectivity index (χ2v) is 2.97. The molecule has 1 aromatic rings. The Morgan fingerprint density at radius 2 is 2.33 bits per heavy atom. The van der Waals surface area contributed by atoms with Crippen molar-refractivity contribution in [2.24, 2.45) is 12.8 Å². The first-order chi connectivity index (χ1) is 5.57. The summed E-state index contributed by atoms with van der Waals surface area (Å²) < 4.78 is 14.6. The number of aromatic nitrogens is 2. The summed E-state index contributed by atoms with van der Waals surface area (Å²) in [6.07, 6.45) is -1.22. The van der Waals surface area contributed by atoms with Gasteiger partial charge in [-0.2, -0.15) is 5.10 Å². The highest BCUT2D eigenvalue weighted by atomic mass is 35.5. The molecule has 1 unspecified atom stereocenters. The quantitative estimate of drug-likeness (QED) is 0.767. The van der Waals surface area contributed by atoms with Gasteiger partial charge in [-0.25, -0.2) is 4.39 Å². The van der Waals surface area contributed by atoms with E-state index in [0.29, 0.717) is 16.4 Å². The fraction of sp³-hybridized carbons (Fsp3) is 0.571. The second-order valence-electron chi connectivity index (χ2n) is 2.62. The van der Waals surface area contributed by atoms with Crippen molar-refractivity contribution >= 4 is 11.6 Å². The van der Waals surface area contributed by atoms with Gasteiger partial charge in [-0.15, -0.1) is 0 Å². The van der Waals surface area contributed by atoms with Crippen molar-refractivity contribution in [2.45, 2.75) is 13.1 Å². The Balaban J connectivity index is 3.13. The molecular weight excluding hydrogens is 181 g/mol. The molecule has 0 aromatic carbocycles. The molecule has 0 amide bonds. The molecular formula is C7H11ClFN3. The van der Waals surface area contributed by atoms with Crippen LogP contribution in [0.3, 0.4) is 0 Å². The summed E-state index contributed by atoms with van der Waals surface area (Å²) in [5, 5.41) is 4.29. The summed E-state index contributed by atoms with van der Waals surface area (Å²) in [6, 6.07) is 0. The van der Waals surface area contributed by atoms with E-state index in [1.165, 1.54) is 4.68 Å². The first-order valence-electron chi connectivity index (χ1n) is 3.61. The molecule has 12 heavy (non-hydrogen) atoms. The topological polar surface area (TPSA) is 43.8 Å². The summed E-state index contributed by atoms with van der Waals surface area (Å²) in [4.78, 5) is 0. The molecule has 0 aliphatic rings. The summed E-state index contributed by atoms with van der Waals surface area (Å²) in [7, 11) is 1.67. The molecule has 5 heteroatoms. The lowest BCUT2D eigenvalue weighted by Gasteiger charge is -2.03. The number of halogens is 2. The predicted molar refractivity (Wildman–Crippen MR) is 45.9 cm³/mol. The number of nitrogens with zero attached hydrogens (tertiary/aromatic N) is 2. The number of hydrogen-bond donors (Lipinski definition) is 1. The summed E-state index contributed by atoms with van der Waals surface area (Å²) >= 11 is 5.79. The van der Waals surface area contributed by atoms with Crippen LogP contribution in [0, 0.1) is 6.92 Å². The number of nitrogens with two attached hydrogens (primary N) is 1. The van der Waals surface area contributed by atoms with Gasteiger partial charge in [0.1, 0.15) is 11.3 Å². The van der Waals surface area contributed by atoms with E-state index in [4.69, 9.17) is 17.3 Å². The first-order valence-corrected chi connectivity index (χ1v) is 3.98. The van der Waals surface area contributed by atoms with E-state index in [-0.39, 0.29) is 6.54 Å². The van der Waals surface area contributed by atoms with Gasteiger partial charge in [0.05, 0.1) is 5.69 Å². The molecule has 0 saturated carbocycles. The van der Waals surface area contributed by atoms with Crippen LogP contribution in [0.4, 0.5) is 4.39 Å². The lowest BCUT2D eigenvalue weighted by atomic mass is 10.2. The van der Waals surface area contributed by atoms with Gasteiger partial charge in [-0.1, -0.05) is 11.6 Å². The molecule has 0 radical (unpaired) electrons. The minimum absolute atomic E-state index is 0.0632. The van der Waals surface area contributed by atoms with Crippen molar-refractivity contribution in [1.82, 2.24) is 9.78 Å². The third-order valence-electron chi connectivity index (χ3n) is 1.72. The molecule has 68 valence electrons. The Labute approximate surface area is 75.3 Å². The van der Waals surface area contributed by atoms with Crippen LogP contribution in [-0.2, 0) is 7.05 Å². The Hall–Kier alpha value is -0.610. The van der Waals surface area contributed by atoms with Gasteiger partial charge in [0.25, 0.3) is 0 Å². The van der Waals surface area contributed by atoms with Crippen LogP contribution in [0.15, 0.2) is 0 Å². The van der Waals surface area contributed by atoms with Crippen LogP contribution in [0.5, 0.6) is 0 Å². The molecule has 2 N–H and O–H groups in total. The highest BCUT2D eigenvalue weighted by Crippen LogP contribution is 2.27. The molecule has 0 aliphatic heterocycles. The Bertz CT molecular complexity index is 284. The smallest absolute Gasteiger partial charge is 0.142 e. The number of hydrogen-bond acceptors (Lipinski definition) is 2. The zero-order valence-electron chi connectivity index (χ0n) is 7.01. The average molecular weight is 192 g/mol. The molecule has 0 fully saturated rings. The Morgan fingerprint density at radius 1 is 1.75 bits per heavy atom. The number of aryl methyl sites for hydroxylation is 2. The summed E-state index contributed by atoms with van der Waals surface area (Å²) in [6.45, 7) is 1.65. The van der Waals surface area contributed by atoms with Gasteiger partial charge in [0.15, 0.2) is 0 Å². The number of alkyl halides is 1. The average Bonchev–Trinajstić information content (AvgIpc) is 2.26. The molecule has 1 aromatic heterocycles. The molecule has 0 spiro atoms. The van der Waals surface area contributed by atoms with Crippen LogP contribution in [0.2, 0.25) is 5.15 Å². The Kier molecular flexibility index (Phi) is 2.69. The maximum Gasteiger partial charge on any atom is 0.142 e. The minimum Gasteiger partial charge on any atom is -0.327 e. The highest BCUT2D eigenvalue weighted by Gasteiger charge is 2.19. The summed E-state index contributed by atoms with van der Waals surface area (Å²) in [5.41, 5.74) is 6.18. The van der Waals surface area contributed by atoms with Crippen LogP contribution < -0.4 is 5.73 Å². The highest BCUT2D eigenvalue weighted by molar-refractivity contribution is 6.30. The van der Waals surface area contributed by atoms with E-state index in [9.17, 15) is 4.39 Å². The standard InChI is InChI=1S/C7H11ClFN3/c1-4-6(5(9)3-10)7(8)12(2)11-4/h5H,3,10H2,1-2H3. The predicted octanol–water partition coefficient (Wildman–Crippen LogP) is 1.35. The van der Waals surface area contributed by atoms with E-state index in [1.807, 2.05) is 0 Å². The second kappa shape index (κ2) is 3.41. The molecule has 0 aliphatic carbocycles. The minimum atomic E-state index is -1.22. The van der Waals surface area contributed by atoms with E-state index < -0.39 is 6.17 Å². The zero-order valence-corrected chi connectivity index (χ0v) is 7.77. The van der Waals surface area contributed by atoms with Crippen LogP contribution >= 0.6 is 11.6 Å². The fourth-order valence-electron chi connectivity index (χ4n) is 1.12. The monoisotopic (exact) mass is 191 g/mol. The van der Waals surface area contributed by atoms with Crippen molar-refractivity contribution in [3.8, 4) is 0 Å². The SMILES string of the molecule is Cc1nn(C)c(Cl)c1C(F)CN. The van der Waals surface area contributed by atoms with Gasteiger partial charge in [-0.3, -0.25) is 4.68 Å². The van der Waals surface area contributed by atoms with E-state index >= 15 is 0 Å². The largest absolute Gasteiger partial charge is 0.327 e. The summed E-state index contributed by atoms with van der Waals surface area (Å²) in [5.74, 6) is 0. The third-order valence-corrected chi connectivity index (χ3v) is 2.16. The maximum atomic E-state index is 13.1. The zero-order chi connectivity index (χ0) is 9.30. The first kappa shape index (κ1) is 9.48. The molecule has 0 bridgehead atoms. The van der Waals surface area contributed by atoms with Gasteiger partial charge in [-0.05, 0) is 6.92 Å². The number of rotatable bonds is 2. The normalized spacial score (nSPS) is 13.4. The lowest BCUT2D eigenvalue weighted by Crippen LogP contribution is -2.08. The van der Waals surface area contributed by atoms with Crippen molar-refractivity contribution in [3.63, 3.8) is 0 Å².